The molecule has 7 heteroatoms. The number of benzene rings is 2. The van der Waals surface area contributed by atoms with E-state index in [0.717, 1.165) is 16.1 Å². The highest BCUT2D eigenvalue weighted by Gasteiger charge is 2.31. The lowest BCUT2D eigenvalue weighted by molar-refractivity contribution is -0.117. The van der Waals surface area contributed by atoms with Gasteiger partial charge in [-0.05, 0) is 43.2 Å². The molecule has 0 saturated heterocycles. The molecule has 0 aliphatic heterocycles. The van der Waals surface area contributed by atoms with E-state index in [1.807, 2.05) is 25.1 Å². The number of nitrogens with one attached hydrogen (secondary N) is 1. The van der Waals surface area contributed by atoms with Crippen LogP contribution in [0.4, 0.5) is 11.4 Å². The predicted octanol–water partition coefficient (Wildman–Crippen LogP) is 3.83. The molecule has 0 bridgehead atoms. The Labute approximate surface area is 153 Å². The van der Waals surface area contributed by atoms with Crippen LogP contribution < -0.4 is 9.62 Å². The Morgan fingerprint density at radius 3 is 2.44 bits per heavy atom. The van der Waals surface area contributed by atoms with Crippen molar-refractivity contribution in [3.8, 4) is 0 Å². The Hall–Kier alpha value is -2.05. The summed E-state index contributed by atoms with van der Waals surface area (Å²) in [5.74, 6) is -0.387. The summed E-state index contributed by atoms with van der Waals surface area (Å²) in [6.45, 7) is 3.65. The summed E-state index contributed by atoms with van der Waals surface area (Å²) >= 11 is 5.99. The minimum Gasteiger partial charge on any atom is -0.324 e. The zero-order chi connectivity index (χ0) is 18.6. The maximum atomic E-state index is 12.8. The first-order chi connectivity index (χ1) is 11.7. The van der Waals surface area contributed by atoms with Gasteiger partial charge in [-0.1, -0.05) is 42.8 Å². The van der Waals surface area contributed by atoms with E-state index in [4.69, 9.17) is 11.6 Å². The van der Waals surface area contributed by atoms with Crippen molar-refractivity contribution in [1.29, 1.82) is 0 Å². The molecule has 134 valence electrons. The summed E-state index contributed by atoms with van der Waals surface area (Å²) < 4.78 is 25.9. The Morgan fingerprint density at radius 2 is 1.88 bits per heavy atom. The van der Waals surface area contributed by atoms with Gasteiger partial charge in [0, 0.05) is 10.7 Å². The summed E-state index contributed by atoms with van der Waals surface area (Å²) in [6.07, 6.45) is 1.40. The lowest BCUT2D eigenvalue weighted by Crippen LogP contribution is -2.47. The summed E-state index contributed by atoms with van der Waals surface area (Å²) in [6, 6.07) is 12.9. The topological polar surface area (TPSA) is 66.5 Å². The van der Waals surface area contributed by atoms with Crippen LogP contribution in [0.25, 0.3) is 0 Å². The first-order valence-electron chi connectivity index (χ1n) is 7.85. The second-order valence-corrected chi connectivity index (χ2v) is 8.06. The molecule has 25 heavy (non-hydrogen) atoms. The number of aryl methyl sites for hydroxylation is 1. The number of para-hydroxylation sites is 1. The van der Waals surface area contributed by atoms with Gasteiger partial charge in [-0.2, -0.15) is 0 Å². The predicted molar refractivity (Wildman–Crippen MR) is 103 cm³/mol. The monoisotopic (exact) mass is 380 g/mol. The first kappa shape index (κ1) is 19.3. The normalized spacial score (nSPS) is 12.5. The van der Waals surface area contributed by atoms with Crippen LogP contribution in [0, 0.1) is 6.92 Å². The third-order valence-electron chi connectivity index (χ3n) is 3.80. The van der Waals surface area contributed by atoms with Gasteiger partial charge in [-0.15, -0.1) is 0 Å². The number of rotatable bonds is 6. The van der Waals surface area contributed by atoms with Crippen molar-refractivity contribution in [3.63, 3.8) is 0 Å². The lowest BCUT2D eigenvalue weighted by Gasteiger charge is -2.30. The highest BCUT2D eigenvalue weighted by Crippen LogP contribution is 2.26. The lowest BCUT2D eigenvalue weighted by atomic mass is 10.1. The van der Waals surface area contributed by atoms with Crippen molar-refractivity contribution in [1.82, 2.24) is 0 Å². The minimum absolute atomic E-state index is 0.317. The van der Waals surface area contributed by atoms with Gasteiger partial charge < -0.3 is 5.32 Å². The van der Waals surface area contributed by atoms with Crippen LogP contribution >= 0.6 is 11.6 Å². The fraction of sp³-hybridized carbons (Fsp3) is 0.278. The zero-order valence-electron chi connectivity index (χ0n) is 14.4. The molecule has 2 rings (SSSR count). The van der Waals surface area contributed by atoms with Crippen molar-refractivity contribution in [2.75, 3.05) is 15.9 Å². The van der Waals surface area contributed by atoms with E-state index in [-0.39, 0.29) is 5.91 Å². The van der Waals surface area contributed by atoms with Gasteiger partial charge in [0.2, 0.25) is 15.9 Å². The number of carbonyl (C=O) groups excluding carboxylic acids is 1. The zero-order valence-corrected chi connectivity index (χ0v) is 15.9. The van der Waals surface area contributed by atoms with Crippen LogP contribution in [0.15, 0.2) is 48.5 Å². The number of anilines is 2. The summed E-state index contributed by atoms with van der Waals surface area (Å²) in [7, 11) is -3.68. The quantitative estimate of drug-likeness (QED) is 0.828. The van der Waals surface area contributed by atoms with Crippen LogP contribution in [0.5, 0.6) is 0 Å². The number of amides is 1. The second-order valence-electron chi connectivity index (χ2n) is 5.77. The molecule has 2 aromatic carbocycles. The van der Waals surface area contributed by atoms with E-state index in [9.17, 15) is 13.2 Å². The smallest absolute Gasteiger partial charge is 0.248 e. The molecule has 1 amide bonds. The molecule has 0 unspecified atom stereocenters. The average molecular weight is 381 g/mol. The SMILES string of the molecule is CC[C@H](C(=O)Nc1ccccc1C)N(c1cccc(Cl)c1)S(C)(=O)=O. The number of sulfonamides is 1. The van der Waals surface area contributed by atoms with Crippen LogP contribution in [0.3, 0.4) is 0 Å². The van der Waals surface area contributed by atoms with Gasteiger partial charge >= 0.3 is 0 Å². The van der Waals surface area contributed by atoms with Crippen molar-refractivity contribution in [3.05, 3.63) is 59.1 Å². The first-order valence-corrected chi connectivity index (χ1v) is 10.1. The standard InChI is InChI=1S/C18H21ClN2O3S/c1-4-17(18(22)20-16-11-6-5-8-13(16)2)21(25(3,23)24)15-10-7-9-14(19)12-15/h5-12,17H,4H2,1-3H3,(H,20,22)/t17-/m1/s1. The van der Waals surface area contributed by atoms with Gasteiger partial charge in [0.05, 0.1) is 11.9 Å². The maximum Gasteiger partial charge on any atom is 0.248 e. The Kier molecular flexibility index (Phi) is 6.08. The van der Waals surface area contributed by atoms with Crippen LogP contribution in [0.1, 0.15) is 18.9 Å². The molecule has 5 nitrogen and oxygen atoms in total. The summed E-state index contributed by atoms with van der Waals surface area (Å²) in [5, 5.41) is 3.22. The van der Waals surface area contributed by atoms with E-state index in [2.05, 4.69) is 5.32 Å². The molecule has 0 spiro atoms. The number of nitrogens with zero attached hydrogens (tertiary/aromatic N) is 1. The Bertz CT molecular complexity index is 868. The van der Waals surface area contributed by atoms with E-state index in [0.29, 0.717) is 22.8 Å². The van der Waals surface area contributed by atoms with Gasteiger partial charge in [-0.25, -0.2) is 8.42 Å². The van der Waals surface area contributed by atoms with E-state index >= 15 is 0 Å². The fourth-order valence-electron chi connectivity index (χ4n) is 2.60. The van der Waals surface area contributed by atoms with Crippen molar-refractivity contribution >= 4 is 38.9 Å². The highest BCUT2D eigenvalue weighted by atomic mass is 35.5. The molecule has 0 aromatic heterocycles. The average Bonchev–Trinajstić information content (AvgIpc) is 2.53. The molecule has 2 aromatic rings. The van der Waals surface area contributed by atoms with Crippen LogP contribution in [-0.2, 0) is 14.8 Å². The van der Waals surface area contributed by atoms with Gasteiger partial charge in [0.1, 0.15) is 6.04 Å². The maximum absolute atomic E-state index is 12.8. The largest absolute Gasteiger partial charge is 0.324 e. The van der Waals surface area contributed by atoms with E-state index in [1.165, 1.54) is 6.07 Å². The molecule has 0 radical (unpaired) electrons. The van der Waals surface area contributed by atoms with Gasteiger partial charge in [-0.3, -0.25) is 9.10 Å². The molecule has 0 aliphatic carbocycles. The molecule has 1 N–H and O–H groups in total. The fourth-order valence-corrected chi connectivity index (χ4v) is 3.99. The third-order valence-corrected chi connectivity index (χ3v) is 5.21. The van der Waals surface area contributed by atoms with E-state index < -0.39 is 16.1 Å². The van der Waals surface area contributed by atoms with Crippen molar-refractivity contribution in [2.24, 2.45) is 0 Å². The molecule has 0 aliphatic rings. The van der Waals surface area contributed by atoms with Crippen molar-refractivity contribution in [2.45, 2.75) is 26.3 Å². The number of halogens is 1. The summed E-state index contributed by atoms with van der Waals surface area (Å²) in [4.78, 5) is 12.8. The molecule has 1 atom stereocenters. The second kappa shape index (κ2) is 7.89. The van der Waals surface area contributed by atoms with Crippen molar-refractivity contribution < 1.29 is 13.2 Å². The molecule has 0 saturated carbocycles. The molecule has 0 fully saturated rings. The number of hydrogen-bond acceptors (Lipinski definition) is 3. The highest BCUT2D eigenvalue weighted by molar-refractivity contribution is 7.92. The van der Waals surface area contributed by atoms with Gasteiger partial charge in [0.25, 0.3) is 0 Å². The third kappa shape index (κ3) is 4.74. The molecule has 0 heterocycles. The Morgan fingerprint density at radius 1 is 1.20 bits per heavy atom. The van der Waals surface area contributed by atoms with Crippen LogP contribution in [0.2, 0.25) is 5.02 Å². The number of carbonyl (C=O) groups is 1. The molecular formula is C18H21ClN2O3S. The number of hydrogen-bond donors (Lipinski definition) is 1. The van der Waals surface area contributed by atoms with E-state index in [1.54, 1.807) is 31.2 Å². The Balaban J connectivity index is 2.40. The minimum atomic E-state index is -3.68. The summed E-state index contributed by atoms with van der Waals surface area (Å²) in [5.41, 5.74) is 1.92. The van der Waals surface area contributed by atoms with Crippen LogP contribution in [-0.4, -0.2) is 26.6 Å². The molecular weight excluding hydrogens is 360 g/mol. The van der Waals surface area contributed by atoms with Gasteiger partial charge in [0.15, 0.2) is 0 Å².